The molecule has 9 heteroatoms. The fourth-order valence-corrected chi connectivity index (χ4v) is 3.43. The highest BCUT2D eigenvalue weighted by Gasteiger charge is 2.17. The summed E-state index contributed by atoms with van der Waals surface area (Å²) in [7, 11) is -3.41. The number of aromatic nitrogens is 2. The molecular weight excluding hydrogens is 368 g/mol. The van der Waals surface area contributed by atoms with Gasteiger partial charge >= 0.3 is 5.97 Å². The number of nitrogens with zero attached hydrogens (tertiary/aromatic N) is 2. The number of esters is 1. The average Bonchev–Trinajstić information content (AvgIpc) is 2.66. The minimum absolute atomic E-state index is 0.0217. The van der Waals surface area contributed by atoms with Gasteiger partial charge in [-0.3, -0.25) is 0 Å². The summed E-state index contributed by atoms with van der Waals surface area (Å²) in [6.07, 6.45) is 0. The van der Waals surface area contributed by atoms with Gasteiger partial charge in [-0.15, -0.1) is 0 Å². The number of para-hydroxylation sites is 1. The number of benzene rings is 2. The number of hydrogen-bond acceptors (Lipinski definition) is 8. The Morgan fingerprint density at radius 3 is 2.56 bits per heavy atom. The molecule has 0 aliphatic heterocycles. The molecule has 1 heterocycles. The van der Waals surface area contributed by atoms with Crippen molar-refractivity contribution in [2.45, 2.75) is 18.4 Å². The van der Waals surface area contributed by atoms with Crippen LogP contribution in [0.25, 0.3) is 10.9 Å². The fourth-order valence-electron chi connectivity index (χ4n) is 2.51. The molecule has 0 bridgehead atoms. The van der Waals surface area contributed by atoms with Gasteiger partial charge in [-0.2, -0.15) is 0 Å². The molecule has 27 heavy (non-hydrogen) atoms. The maximum atomic E-state index is 12.3. The van der Waals surface area contributed by atoms with E-state index in [9.17, 15) is 13.2 Å². The first-order chi connectivity index (χ1) is 12.8. The molecule has 0 spiro atoms. The van der Waals surface area contributed by atoms with Gasteiger partial charge in [-0.05, 0) is 30.3 Å². The Hall–Kier alpha value is -3.20. The molecular formula is C18H18N4O4S. The molecule has 3 aromatic rings. The van der Waals surface area contributed by atoms with Crippen molar-refractivity contribution in [3.8, 4) is 0 Å². The SMILES string of the molecule is CCS(=O)(=O)c1ccc(C(=O)OCc2nc(N)c3ccccc3n2)c(N)c1. The van der Waals surface area contributed by atoms with Crippen molar-refractivity contribution >= 4 is 38.2 Å². The van der Waals surface area contributed by atoms with Crippen molar-refractivity contribution < 1.29 is 17.9 Å². The topological polar surface area (TPSA) is 138 Å². The van der Waals surface area contributed by atoms with Crippen LogP contribution in [0.2, 0.25) is 0 Å². The Balaban J connectivity index is 1.78. The van der Waals surface area contributed by atoms with Crippen molar-refractivity contribution in [2.24, 2.45) is 0 Å². The van der Waals surface area contributed by atoms with Crippen molar-refractivity contribution in [3.63, 3.8) is 0 Å². The number of carbonyl (C=O) groups is 1. The molecule has 0 radical (unpaired) electrons. The minimum Gasteiger partial charge on any atom is -0.454 e. The molecule has 0 aliphatic rings. The third kappa shape index (κ3) is 3.82. The van der Waals surface area contributed by atoms with E-state index in [0.29, 0.717) is 16.7 Å². The highest BCUT2D eigenvalue weighted by Crippen LogP contribution is 2.21. The van der Waals surface area contributed by atoms with Gasteiger partial charge < -0.3 is 16.2 Å². The number of rotatable bonds is 5. The Morgan fingerprint density at radius 1 is 1.11 bits per heavy atom. The molecule has 0 saturated carbocycles. The number of nitrogen functional groups attached to an aromatic ring is 2. The van der Waals surface area contributed by atoms with Gasteiger partial charge in [0.05, 0.1) is 21.7 Å². The molecule has 0 unspecified atom stereocenters. The van der Waals surface area contributed by atoms with Gasteiger partial charge in [0, 0.05) is 11.1 Å². The summed E-state index contributed by atoms with van der Waals surface area (Å²) < 4.78 is 29.0. The second-order valence-corrected chi connectivity index (χ2v) is 8.05. The molecule has 140 valence electrons. The molecule has 3 rings (SSSR count). The van der Waals surface area contributed by atoms with Gasteiger partial charge in [-0.25, -0.2) is 23.2 Å². The summed E-state index contributed by atoms with van der Waals surface area (Å²) in [4.78, 5) is 20.8. The summed E-state index contributed by atoms with van der Waals surface area (Å²) in [6.45, 7) is 1.34. The number of nitrogens with two attached hydrogens (primary N) is 2. The molecule has 0 amide bonds. The van der Waals surface area contributed by atoms with E-state index in [1.54, 1.807) is 12.1 Å². The van der Waals surface area contributed by atoms with Gasteiger partial charge in [0.2, 0.25) is 0 Å². The van der Waals surface area contributed by atoms with E-state index in [2.05, 4.69) is 9.97 Å². The molecule has 4 N–H and O–H groups in total. The van der Waals surface area contributed by atoms with Gasteiger partial charge in [0.1, 0.15) is 5.82 Å². The Morgan fingerprint density at radius 2 is 1.85 bits per heavy atom. The van der Waals surface area contributed by atoms with Crippen LogP contribution < -0.4 is 11.5 Å². The average molecular weight is 386 g/mol. The Kier molecular flexibility index (Phi) is 4.95. The predicted molar refractivity (Wildman–Crippen MR) is 102 cm³/mol. The van der Waals surface area contributed by atoms with E-state index in [4.69, 9.17) is 16.2 Å². The maximum Gasteiger partial charge on any atom is 0.340 e. The van der Waals surface area contributed by atoms with Crippen LogP contribution in [0.3, 0.4) is 0 Å². The highest BCUT2D eigenvalue weighted by molar-refractivity contribution is 7.91. The second-order valence-electron chi connectivity index (χ2n) is 5.77. The van der Waals surface area contributed by atoms with Crippen LogP contribution in [0.1, 0.15) is 23.1 Å². The first-order valence-corrected chi connectivity index (χ1v) is 9.77. The number of anilines is 2. The van der Waals surface area contributed by atoms with Gasteiger partial charge in [0.25, 0.3) is 0 Å². The lowest BCUT2D eigenvalue weighted by atomic mass is 10.2. The normalized spacial score (nSPS) is 11.4. The zero-order chi connectivity index (χ0) is 19.6. The smallest absolute Gasteiger partial charge is 0.340 e. The first kappa shape index (κ1) is 18.6. The Labute approximate surface area is 156 Å². The first-order valence-electron chi connectivity index (χ1n) is 8.12. The van der Waals surface area contributed by atoms with E-state index in [1.165, 1.54) is 25.1 Å². The predicted octanol–water partition coefficient (Wildman–Crippen LogP) is 1.94. The summed E-state index contributed by atoms with van der Waals surface area (Å²) in [5, 5.41) is 0.713. The zero-order valence-electron chi connectivity index (χ0n) is 14.5. The van der Waals surface area contributed by atoms with Gasteiger partial charge in [0.15, 0.2) is 22.3 Å². The third-order valence-corrected chi connectivity index (χ3v) is 5.73. The summed E-state index contributed by atoms with van der Waals surface area (Å²) in [6, 6.07) is 11.1. The zero-order valence-corrected chi connectivity index (χ0v) is 15.4. The van der Waals surface area contributed by atoms with Crippen LogP contribution >= 0.6 is 0 Å². The molecule has 2 aromatic carbocycles. The minimum atomic E-state index is -3.41. The van der Waals surface area contributed by atoms with Crippen molar-refractivity contribution in [1.82, 2.24) is 9.97 Å². The summed E-state index contributed by atoms with van der Waals surface area (Å²) in [5.74, 6) is -0.219. The van der Waals surface area contributed by atoms with E-state index >= 15 is 0 Å². The summed E-state index contributed by atoms with van der Waals surface area (Å²) in [5.41, 5.74) is 12.5. The van der Waals surface area contributed by atoms with Gasteiger partial charge in [-0.1, -0.05) is 19.1 Å². The van der Waals surface area contributed by atoms with Crippen LogP contribution in [-0.4, -0.2) is 30.1 Å². The standard InChI is InChI=1S/C18H18N4O4S/c1-2-27(24,25)11-7-8-12(14(19)9-11)18(23)26-10-16-21-15-6-4-3-5-13(15)17(20)22-16/h3-9H,2,10,19H2,1H3,(H2,20,21,22). The fraction of sp³-hybridized carbons (Fsp3) is 0.167. The van der Waals surface area contributed by atoms with Crippen LogP contribution in [0, 0.1) is 0 Å². The van der Waals surface area contributed by atoms with Crippen molar-refractivity contribution in [3.05, 3.63) is 53.9 Å². The van der Waals surface area contributed by atoms with E-state index in [1.807, 2.05) is 12.1 Å². The lowest BCUT2D eigenvalue weighted by Crippen LogP contribution is -2.12. The van der Waals surface area contributed by atoms with Crippen LogP contribution in [0.4, 0.5) is 11.5 Å². The van der Waals surface area contributed by atoms with Crippen LogP contribution in [-0.2, 0) is 21.2 Å². The van der Waals surface area contributed by atoms with Crippen LogP contribution in [0.15, 0.2) is 47.4 Å². The molecule has 0 atom stereocenters. The Bertz CT molecular complexity index is 1130. The second kappa shape index (κ2) is 7.20. The quantitative estimate of drug-likeness (QED) is 0.501. The lowest BCUT2D eigenvalue weighted by Gasteiger charge is -2.09. The van der Waals surface area contributed by atoms with Crippen molar-refractivity contribution in [1.29, 1.82) is 0 Å². The molecule has 8 nitrogen and oxygen atoms in total. The number of sulfone groups is 1. The maximum absolute atomic E-state index is 12.3. The van der Waals surface area contributed by atoms with E-state index < -0.39 is 15.8 Å². The highest BCUT2D eigenvalue weighted by atomic mass is 32.2. The van der Waals surface area contributed by atoms with Crippen LogP contribution in [0.5, 0.6) is 0 Å². The lowest BCUT2D eigenvalue weighted by molar-refractivity contribution is 0.0464. The molecule has 0 fully saturated rings. The number of hydrogen-bond donors (Lipinski definition) is 2. The molecule has 0 aliphatic carbocycles. The third-order valence-electron chi connectivity index (χ3n) is 3.99. The number of fused-ring (bicyclic) bond motifs is 1. The van der Waals surface area contributed by atoms with Crippen molar-refractivity contribution in [2.75, 3.05) is 17.2 Å². The largest absolute Gasteiger partial charge is 0.454 e. The number of carbonyl (C=O) groups excluding carboxylic acids is 1. The number of ether oxygens (including phenoxy) is 1. The molecule has 1 aromatic heterocycles. The van der Waals surface area contributed by atoms with E-state index in [-0.39, 0.29) is 34.3 Å². The molecule has 0 saturated heterocycles. The van der Waals surface area contributed by atoms with E-state index in [0.717, 1.165) is 0 Å². The summed E-state index contributed by atoms with van der Waals surface area (Å²) >= 11 is 0. The monoisotopic (exact) mass is 386 g/mol.